The number of nitrogens with one attached hydrogen (secondary N) is 1. The van der Waals surface area contributed by atoms with Gasteiger partial charge in [0, 0.05) is 13.2 Å². The molecule has 0 saturated carbocycles. The molecular formula is C31H48N2O4Si. The van der Waals surface area contributed by atoms with Crippen LogP contribution in [0.25, 0.3) is 0 Å². The number of ether oxygens (including phenoxy) is 1. The molecule has 0 radical (unpaired) electrons. The highest BCUT2D eigenvalue weighted by atomic mass is 28.4. The monoisotopic (exact) mass is 540 g/mol. The highest BCUT2D eigenvalue weighted by Crippen LogP contribution is 2.42. The molecule has 0 bridgehead atoms. The number of unbranched alkanes of at least 4 members (excludes halogenated alkanes) is 1. The van der Waals surface area contributed by atoms with E-state index in [4.69, 9.17) is 14.9 Å². The molecule has 0 saturated heterocycles. The first kappa shape index (κ1) is 31.6. The molecule has 0 unspecified atom stereocenters. The molecule has 6 nitrogen and oxygen atoms in total. The summed E-state index contributed by atoms with van der Waals surface area (Å²) < 4.78 is 12.7. The van der Waals surface area contributed by atoms with Crippen LogP contribution in [-0.2, 0) is 33.8 Å². The maximum atomic E-state index is 11.2. The number of carbonyl (C=O) groups excluding carboxylic acids is 2. The lowest BCUT2D eigenvalue weighted by atomic mass is 9.98. The fourth-order valence-electron chi connectivity index (χ4n) is 5.54. The third-order valence-electron chi connectivity index (χ3n) is 7.43. The van der Waals surface area contributed by atoms with E-state index in [1.807, 2.05) is 0 Å². The fraction of sp³-hybridized carbons (Fsp3) is 0.548. The van der Waals surface area contributed by atoms with E-state index < -0.39 is 20.1 Å². The molecule has 0 aliphatic heterocycles. The Morgan fingerprint density at radius 2 is 1.37 bits per heavy atom. The van der Waals surface area contributed by atoms with Crippen LogP contribution in [0, 0.1) is 0 Å². The summed E-state index contributed by atoms with van der Waals surface area (Å²) in [6.07, 6.45) is 4.59. The molecule has 210 valence electrons. The van der Waals surface area contributed by atoms with E-state index in [1.165, 1.54) is 11.1 Å². The summed E-state index contributed by atoms with van der Waals surface area (Å²) in [6.45, 7) is 15.6. The lowest BCUT2D eigenvalue weighted by molar-refractivity contribution is -0.137. The summed E-state index contributed by atoms with van der Waals surface area (Å²) in [7, 11) is -1.95. The second-order valence-electron chi connectivity index (χ2n) is 11.1. The van der Waals surface area contributed by atoms with E-state index >= 15 is 0 Å². The van der Waals surface area contributed by atoms with Crippen molar-refractivity contribution in [1.29, 1.82) is 0 Å². The molecule has 2 aromatic carbocycles. The molecule has 0 heterocycles. The van der Waals surface area contributed by atoms with Crippen molar-refractivity contribution in [2.75, 3.05) is 13.2 Å². The maximum Gasteiger partial charge on any atom is 0.309 e. The highest BCUT2D eigenvalue weighted by Gasteiger charge is 2.46. The lowest BCUT2D eigenvalue weighted by Gasteiger charge is -2.42. The second kappa shape index (κ2) is 15.7. The van der Waals surface area contributed by atoms with Crippen LogP contribution in [0.2, 0.25) is 16.6 Å². The predicted molar refractivity (Wildman–Crippen MR) is 158 cm³/mol. The summed E-state index contributed by atoms with van der Waals surface area (Å²) in [5.41, 5.74) is 10.4. The molecule has 0 spiro atoms. The van der Waals surface area contributed by atoms with Gasteiger partial charge in [-0.1, -0.05) is 77.9 Å². The number of aryl methyl sites for hydroxylation is 2. The van der Waals surface area contributed by atoms with E-state index in [0.29, 0.717) is 36.4 Å². The molecule has 2 aromatic rings. The van der Waals surface area contributed by atoms with Gasteiger partial charge >= 0.3 is 11.8 Å². The molecule has 2 rings (SSSR count). The summed E-state index contributed by atoms with van der Waals surface area (Å²) in [5, 5.41) is 2.54. The fourth-order valence-corrected chi connectivity index (χ4v) is 10.8. The van der Waals surface area contributed by atoms with E-state index in [0.717, 1.165) is 43.4 Å². The first-order valence-corrected chi connectivity index (χ1v) is 16.2. The Morgan fingerprint density at radius 3 is 1.89 bits per heavy atom. The Morgan fingerprint density at radius 1 is 0.816 bits per heavy atom. The van der Waals surface area contributed by atoms with Crippen LogP contribution >= 0.6 is 0 Å². The third-order valence-corrected chi connectivity index (χ3v) is 13.4. The first-order chi connectivity index (χ1) is 18.1. The predicted octanol–water partition coefficient (Wildman–Crippen LogP) is 6.31. The van der Waals surface area contributed by atoms with Gasteiger partial charge in [-0.2, -0.15) is 0 Å². The van der Waals surface area contributed by atoms with Crippen LogP contribution in [0.3, 0.4) is 0 Å². The van der Waals surface area contributed by atoms with E-state index in [1.54, 1.807) is 0 Å². The number of nitrogens with two attached hydrogens (primary N) is 1. The number of carbonyl (C=O) groups is 2. The molecule has 2 amide bonds. The molecular weight excluding hydrogens is 492 g/mol. The van der Waals surface area contributed by atoms with Gasteiger partial charge in [-0.15, -0.1) is 0 Å². The van der Waals surface area contributed by atoms with Crippen LogP contribution in [0.1, 0.15) is 77.5 Å². The van der Waals surface area contributed by atoms with Gasteiger partial charge in [0.05, 0.1) is 6.61 Å². The van der Waals surface area contributed by atoms with Gasteiger partial charge < -0.3 is 20.2 Å². The van der Waals surface area contributed by atoms with Crippen LogP contribution in [0.5, 0.6) is 5.75 Å². The smallest absolute Gasteiger partial charge is 0.309 e. The van der Waals surface area contributed by atoms with Crippen molar-refractivity contribution < 1.29 is 18.8 Å². The molecule has 0 atom stereocenters. The molecule has 0 aliphatic rings. The van der Waals surface area contributed by atoms with Crippen molar-refractivity contribution in [3.63, 3.8) is 0 Å². The SMILES string of the molecule is CC(C)[Si](Oc1ccc(COCCCc2ccccc2CCCCNC(=O)C(N)=O)cc1)(C(C)C)C(C)C. The largest absolute Gasteiger partial charge is 0.543 e. The van der Waals surface area contributed by atoms with Crippen molar-refractivity contribution >= 4 is 20.1 Å². The molecule has 0 aliphatic carbocycles. The van der Waals surface area contributed by atoms with Crippen LogP contribution < -0.4 is 15.5 Å². The van der Waals surface area contributed by atoms with Gasteiger partial charge in [-0.3, -0.25) is 9.59 Å². The van der Waals surface area contributed by atoms with Gasteiger partial charge in [0.1, 0.15) is 5.75 Å². The number of amides is 2. The van der Waals surface area contributed by atoms with Gasteiger partial charge in [0.2, 0.25) is 0 Å². The minimum Gasteiger partial charge on any atom is -0.543 e. The molecule has 3 N–H and O–H groups in total. The standard InChI is InChI=1S/C31H48N2O4Si/c1-23(2)38(24(3)4,25(5)6)37-29-18-16-26(17-19-29)22-36-21-11-15-28-13-8-7-12-27(28)14-9-10-20-33-31(35)30(32)34/h7-8,12-13,16-19,23-25H,9-11,14-15,20-22H2,1-6H3,(H2,32,34)(H,33,35). The number of rotatable bonds is 16. The van der Waals surface area contributed by atoms with Gasteiger partial charge in [0.25, 0.3) is 8.32 Å². The number of hydrogen-bond acceptors (Lipinski definition) is 4. The van der Waals surface area contributed by atoms with Crippen molar-refractivity contribution in [3.8, 4) is 5.75 Å². The lowest BCUT2D eigenvalue weighted by Crippen LogP contribution is -2.50. The first-order valence-electron chi connectivity index (χ1n) is 14.1. The van der Waals surface area contributed by atoms with Crippen molar-refractivity contribution in [1.82, 2.24) is 5.32 Å². The Balaban J connectivity index is 1.77. The zero-order valence-electron chi connectivity index (χ0n) is 24.2. The minimum atomic E-state index is -1.95. The van der Waals surface area contributed by atoms with Gasteiger partial charge in [-0.05, 0) is 77.6 Å². The zero-order chi connectivity index (χ0) is 28.1. The highest BCUT2D eigenvalue weighted by molar-refractivity contribution is 6.78. The van der Waals surface area contributed by atoms with Gasteiger partial charge in [0.15, 0.2) is 0 Å². The Bertz CT molecular complexity index is 983. The van der Waals surface area contributed by atoms with Crippen LogP contribution in [0.4, 0.5) is 0 Å². The average molecular weight is 541 g/mol. The quantitative estimate of drug-likeness (QED) is 0.148. The van der Waals surface area contributed by atoms with Crippen LogP contribution in [-0.4, -0.2) is 33.3 Å². The number of hydrogen-bond donors (Lipinski definition) is 2. The zero-order valence-corrected chi connectivity index (χ0v) is 25.2. The average Bonchev–Trinajstić information content (AvgIpc) is 2.87. The Kier molecular flexibility index (Phi) is 13.0. The van der Waals surface area contributed by atoms with E-state index in [-0.39, 0.29) is 0 Å². The molecule has 7 heteroatoms. The molecule has 0 fully saturated rings. The second-order valence-corrected chi connectivity index (χ2v) is 16.4. The summed E-state index contributed by atoms with van der Waals surface area (Å²) in [4.78, 5) is 22.0. The minimum absolute atomic E-state index is 0.459. The Hall–Kier alpha value is -2.64. The molecule has 0 aromatic heterocycles. The van der Waals surface area contributed by atoms with Gasteiger partial charge in [-0.25, -0.2) is 0 Å². The van der Waals surface area contributed by atoms with E-state index in [2.05, 4.69) is 95.4 Å². The van der Waals surface area contributed by atoms with E-state index in [9.17, 15) is 9.59 Å². The molecule has 38 heavy (non-hydrogen) atoms. The topological polar surface area (TPSA) is 90.7 Å². The summed E-state index contributed by atoms with van der Waals surface area (Å²) in [6, 6.07) is 16.9. The normalized spacial score (nSPS) is 11.8. The summed E-state index contributed by atoms with van der Waals surface area (Å²) >= 11 is 0. The van der Waals surface area contributed by atoms with Crippen molar-refractivity contribution in [3.05, 3.63) is 65.2 Å². The van der Waals surface area contributed by atoms with Crippen molar-refractivity contribution in [2.45, 2.75) is 96.9 Å². The number of primary amides is 1. The van der Waals surface area contributed by atoms with Crippen LogP contribution in [0.15, 0.2) is 48.5 Å². The third kappa shape index (κ3) is 9.28. The maximum absolute atomic E-state index is 11.2. The van der Waals surface area contributed by atoms with Crippen molar-refractivity contribution in [2.24, 2.45) is 5.73 Å². The number of benzene rings is 2. The Labute approximate surface area is 230 Å². The summed E-state index contributed by atoms with van der Waals surface area (Å²) in [5.74, 6) is -0.684.